The Morgan fingerprint density at radius 1 is 1.23 bits per heavy atom. The first-order valence-corrected chi connectivity index (χ1v) is 8.23. The Morgan fingerprint density at radius 2 is 1.95 bits per heavy atom. The Morgan fingerprint density at radius 3 is 2.64 bits per heavy atom. The molecule has 1 aromatic rings. The van der Waals surface area contributed by atoms with Gasteiger partial charge in [-0.25, -0.2) is 0 Å². The summed E-state index contributed by atoms with van der Waals surface area (Å²) in [5.74, 6) is -1.05. The van der Waals surface area contributed by atoms with Crippen molar-refractivity contribution in [1.29, 1.82) is 0 Å². The van der Waals surface area contributed by atoms with Gasteiger partial charge in [0.1, 0.15) is 0 Å². The van der Waals surface area contributed by atoms with E-state index in [0.717, 1.165) is 32.1 Å². The molecule has 1 unspecified atom stereocenters. The van der Waals surface area contributed by atoms with Gasteiger partial charge in [-0.3, -0.25) is 9.59 Å². The maximum absolute atomic E-state index is 12.6. The van der Waals surface area contributed by atoms with Crippen LogP contribution in [0.1, 0.15) is 60.5 Å². The molecule has 0 spiro atoms. The van der Waals surface area contributed by atoms with Crippen molar-refractivity contribution in [1.82, 2.24) is 5.32 Å². The average molecular weight is 303 g/mol. The molecule has 0 heterocycles. The Bertz CT molecular complexity index is 539. The molecule has 1 aromatic carbocycles. The summed E-state index contributed by atoms with van der Waals surface area (Å²) < 4.78 is 0. The molecular formula is C18H25NO3. The van der Waals surface area contributed by atoms with Crippen molar-refractivity contribution >= 4 is 11.8 Å². The van der Waals surface area contributed by atoms with Gasteiger partial charge in [0.2, 0.25) is 0 Å². The van der Waals surface area contributed by atoms with Crippen LogP contribution in [0.4, 0.5) is 0 Å². The van der Waals surface area contributed by atoms with E-state index in [0.29, 0.717) is 12.1 Å². The van der Waals surface area contributed by atoms with E-state index in [9.17, 15) is 9.59 Å². The number of rotatable bonds is 8. The van der Waals surface area contributed by atoms with Crippen molar-refractivity contribution in [2.24, 2.45) is 0 Å². The third kappa shape index (κ3) is 4.41. The summed E-state index contributed by atoms with van der Waals surface area (Å²) in [6, 6.07) is 5.22. The monoisotopic (exact) mass is 303 g/mol. The standard InChI is InChI=1S/C18H25NO3/c1-2-3-10-19-16(12-17(20)21)18(22)15-9-8-13-6-4-5-7-14(13)11-15/h8-9,11,16,19H,2-7,10,12H2,1H3,(H,20,21). The molecule has 4 heteroatoms. The van der Waals surface area contributed by atoms with E-state index in [4.69, 9.17) is 5.11 Å². The number of unbranched alkanes of at least 4 members (excludes halogenated alkanes) is 1. The molecule has 22 heavy (non-hydrogen) atoms. The van der Waals surface area contributed by atoms with Crippen molar-refractivity contribution in [3.8, 4) is 0 Å². The lowest BCUT2D eigenvalue weighted by molar-refractivity contribution is -0.137. The Hall–Kier alpha value is -1.68. The molecule has 0 aliphatic heterocycles. The van der Waals surface area contributed by atoms with E-state index in [1.807, 2.05) is 18.2 Å². The van der Waals surface area contributed by atoms with Crippen LogP contribution in [0.25, 0.3) is 0 Å². The molecule has 0 aromatic heterocycles. The molecule has 1 aliphatic carbocycles. The van der Waals surface area contributed by atoms with Gasteiger partial charge in [0.25, 0.3) is 0 Å². The molecule has 0 radical (unpaired) electrons. The first kappa shape index (κ1) is 16.7. The second-order valence-corrected chi connectivity index (χ2v) is 6.01. The summed E-state index contributed by atoms with van der Waals surface area (Å²) in [4.78, 5) is 23.7. The molecular weight excluding hydrogens is 278 g/mol. The summed E-state index contributed by atoms with van der Waals surface area (Å²) >= 11 is 0. The summed E-state index contributed by atoms with van der Waals surface area (Å²) in [7, 11) is 0. The number of aryl methyl sites for hydroxylation is 2. The summed E-state index contributed by atoms with van der Waals surface area (Å²) in [5, 5.41) is 12.1. The number of hydrogen-bond acceptors (Lipinski definition) is 3. The van der Waals surface area contributed by atoms with Crippen LogP contribution in [-0.4, -0.2) is 29.4 Å². The van der Waals surface area contributed by atoms with Crippen LogP contribution in [-0.2, 0) is 17.6 Å². The number of carbonyl (C=O) groups is 2. The molecule has 0 saturated carbocycles. The SMILES string of the molecule is CCCCNC(CC(=O)O)C(=O)c1ccc2c(c1)CCCC2. The zero-order valence-corrected chi connectivity index (χ0v) is 13.2. The van der Waals surface area contributed by atoms with Crippen LogP contribution in [0.3, 0.4) is 0 Å². The Balaban J connectivity index is 2.12. The first-order chi connectivity index (χ1) is 10.6. The average Bonchev–Trinajstić information content (AvgIpc) is 2.52. The molecule has 2 N–H and O–H groups in total. The largest absolute Gasteiger partial charge is 0.481 e. The molecule has 120 valence electrons. The number of carboxylic acids is 1. The van der Waals surface area contributed by atoms with E-state index in [-0.39, 0.29) is 12.2 Å². The van der Waals surface area contributed by atoms with Gasteiger partial charge in [0, 0.05) is 5.56 Å². The highest BCUT2D eigenvalue weighted by Crippen LogP contribution is 2.23. The zero-order valence-electron chi connectivity index (χ0n) is 13.2. The fourth-order valence-corrected chi connectivity index (χ4v) is 2.97. The quantitative estimate of drug-likeness (QED) is 0.572. The number of carbonyl (C=O) groups excluding carboxylic acids is 1. The molecule has 0 fully saturated rings. The Kier molecular flexibility index (Phi) is 6.13. The zero-order chi connectivity index (χ0) is 15.9. The van der Waals surface area contributed by atoms with Gasteiger partial charge in [-0.05, 0) is 55.8 Å². The van der Waals surface area contributed by atoms with E-state index >= 15 is 0 Å². The fraction of sp³-hybridized carbons (Fsp3) is 0.556. The minimum Gasteiger partial charge on any atom is -0.481 e. The number of hydrogen-bond donors (Lipinski definition) is 2. The molecule has 0 saturated heterocycles. The number of carboxylic acid groups (broad SMARTS) is 1. The number of Topliss-reactive ketones (excluding diaryl/α,β-unsaturated/α-hetero) is 1. The van der Waals surface area contributed by atoms with Crippen LogP contribution in [0.2, 0.25) is 0 Å². The minimum absolute atomic E-state index is 0.105. The number of nitrogens with one attached hydrogen (secondary N) is 1. The van der Waals surface area contributed by atoms with Crippen molar-refractivity contribution in [3.05, 3.63) is 34.9 Å². The van der Waals surface area contributed by atoms with Crippen LogP contribution < -0.4 is 5.32 Å². The molecule has 1 aliphatic rings. The normalized spacial score (nSPS) is 15.1. The highest BCUT2D eigenvalue weighted by molar-refractivity contribution is 6.01. The van der Waals surface area contributed by atoms with Crippen LogP contribution in [0, 0.1) is 0 Å². The Labute approximate surface area is 131 Å². The lowest BCUT2D eigenvalue weighted by Gasteiger charge is -2.19. The van der Waals surface area contributed by atoms with Gasteiger partial charge in [-0.15, -0.1) is 0 Å². The van der Waals surface area contributed by atoms with E-state index in [2.05, 4.69) is 12.2 Å². The van der Waals surface area contributed by atoms with Crippen LogP contribution in [0.15, 0.2) is 18.2 Å². The van der Waals surface area contributed by atoms with Gasteiger partial charge in [0.05, 0.1) is 12.5 Å². The van der Waals surface area contributed by atoms with Crippen molar-refractivity contribution in [2.75, 3.05) is 6.54 Å². The first-order valence-electron chi connectivity index (χ1n) is 8.23. The van der Waals surface area contributed by atoms with Gasteiger partial charge < -0.3 is 10.4 Å². The molecule has 0 bridgehead atoms. The third-order valence-electron chi connectivity index (χ3n) is 4.25. The topological polar surface area (TPSA) is 66.4 Å². The third-order valence-corrected chi connectivity index (χ3v) is 4.25. The number of ketones is 1. The highest BCUT2D eigenvalue weighted by Gasteiger charge is 2.23. The smallest absolute Gasteiger partial charge is 0.305 e. The summed E-state index contributed by atoms with van der Waals surface area (Å²) in [5.41, 5.74) is 3.21. The van der Waals surface area contributed by atoms with Crippen LogP contribution >= 0.6 is 0 Å². The molecule has 0 amide bonds. The van der Waals surface area contributed by atoms with Gasteiger partial charge >= 0.3 is 5.97 Å². The van der Waals surface area contributed by atoms with Crippen molar-refractivity contribution < 1.29 is 14.7 Å². The van der Waals surface area contributed by atoms with Crippen molar-refractivity contribution in [3.63, 3.8) is 0 Å². The summed E-state index contributed by atoms with van der Waals surface area (Å²) in [6.45, 7) is 2.74. The molecule has 1 atom stereocenters. The van der Waals surface area contributed by atoms with Gasteiger partial charge in [-0.1, -0.05) is 25.5 Å². The van der Waals surface area contributed by atoms with Gasteiger partial charge in [0.15, 0.2) is 5.78 Å². The van der Waals surface area contributed by atoms with E-state index in [1.54, 1.807) is 0 Å². The van der Waals surface area contributed by atoms with Crippen LogP contribution in [0.5, 0.6) is 0 Å². The highest BCUT2D eigenvalue weighted by atomic mass is 16.4. The number of fused-ring (bicyclic) bond motifs is 1. The number of aliphatic carboxylic acids is 1. The second-order valence-electron chi connectivity index (χ2n) is 6.01. The fourth-order valence-electron chi connectivity index (χ4n) is 2.97. The minimum atomic E-state index is -0.944. The van der Waals surface area contributed by atoms with E-state index < -0.39 is 12.0 Å². The van der Waals surface area contributed by atoms with Crippen molar-refractivity contribution in [2.45, 2.75) is 57.9 Å². The maximum Gasteiger partial charge on any atom is 0.305 e. The summed E-state index contributed by atoms with van der Waals surface area (Å²) in [6.07, 6.45) is 6.26. The van der Waals surface area contributed by atoms with Gasteiger partial charge in [-0.2, -0.15) is 0 Å². The lowest BCUT2D eigenvalue weighted by Crippen LogP contribution is -2.39. The number of benzene rings is 1. The lowest BCUT2D eigenvalue weighted by atomic mass is 9.88. The maximum atomic E-state index is 12.6. The second kappa shape index (κ2) is 8.08. The molecule has 2 rings (SSSR count). The predicted octanol–water partition coefficient (Wildman–Crippen LogP) is 2.98. The molecule has 4 nitrogen and oxygen atoms in total. The predicted molar refractivity (Wildman–Crippen MR) is 86.4 cm³/mol. The van der Waals surface area contributed by atoms with E-state index in [1.165, 1.54) is 17.5 Å².